The maximum absolute atomic E-state index is 14.2. The van der Waals surface area contributed by atoms with Crippen LogP contribution in [0.4, 0.5) is 10.1 Å². The molecule has 0 radical (unpaired) electrons. The van der Waals surface area contributed by atoms with E-state index in [1.807, 2.05) is 19.1 Å². The minimum Gasteiger partial charge on any atom is -0.497 e. The van der Waals surface area contributed by atoms with E-state index in [9.17, 15) is 17.6 Å². The molecule has 0 aromatic heterocycles. The van der Waals surface area contributed by atoms with Crippen LogP contribution in [0.2, 0.25) is 0 Å². The summed E-state index contributed by atoms with van der Waals surface area (Å²) in [4.78, 5) is 12.8. The summed E-state index contributed by atoms with van der Waals surface area (Å²) in [6.07, 6.45) is 1.55. The molecule has 2 atom stereocenters. The van der Waals surface area contributed by atoms with Gasteiger partial charge in [-0.05, 0) is 43.2 Å². The summed E-state index contributed by atoms with van der Waals surface area (Å²) in [6.45, 7) is 3.34. The number of rotatable bonds is 8. The maximum atomic E-state index is 14.2. The van der Waals surface area contributed by atoms with Crippen molar-refractivity contribution in [3.05, 3.63) is 59.9 Å². The molecule has 0 saturated heterocycles. The molecule has 0 aliphatic carbocycles. The van der Waals surface area contributed by atoms with Crippen LogP contribution < -0.4 is 14.4 Å². The standard InChI is InChI=1S/C20H25FN2O4S/c1-5-18(15-10-12-16(27-3)13-11-15)22-20(24)14(2)23(28(4,25)26)19-9-7-6-8-17(19)21/h6-14,18H,5H2,1-4H3,(H,22,24)/t14-,18+/m0/s1. The van der Waals surface area contributed by atoms with E-state index in [0.29, 0.717) is 12.2 Å². The molecule has 0 unspecified atom stereocenters. The summed E-state index contributed by atoms with van der Waals surface area (Å²) in [5, 5.41) is 2.85. The molecule has 2 aromatic carbocycles. The molecule has 0 spiro atoms. The second kappa shape index (κ2) is 9.05. The minimum atomic E-state index is -3.88. The zero-order chi connectivity index (χ0) is 20.9. The van der Waals surface area contributed by atoms with Crippen LogP contribution >= 0.6 is 0 Å². The number of carbonyl (C=O) groups excluding carboxylic acids is 1. The summed E-state index contributed by atoms with van der Waals surface area (Å²) in [6, 6.07) is 11.3. The lowest BCUT2D eigenvalue weighted by Crippen LogP contribution is -2.48. The molecular formula is C20H25FN2O4S. The maximum Gasteiger partial charge on any atom is 0.244 e. The highest BCUT2D eigenvalue weighted by atomic mass is 32.2. The van der Waals surface area contributed by atoms with Crippen molar-refractivity contribution in [1.29, 1.82) is 0 Å². The van der Waals surface area contributed by atoms with Crippen molar-refractivity contribution in [3.63, 3.8) is 0 Å². The van der Waals surface area contributed by atoms with Crippen molar-refractivity contribution < 1.29 is 22.3 Å². The van der Waals surface area contributed by atoms with Gasteiger partial charge in [-0.25, -0.2) is 12.8 Å². The molecule has 0 bridgehead atoms. The van der Waals surface area contributed by atoms with E-state index >= 15 is 0 Å². The minimum absolute atomic E-state index is 0.162. The first-order valence-electron chi connectivity index (χ1n) is 8.87. The molecule has 0 saturated carbocycles. The van der Waals surface area contributed by atoms with Crippen LogP contribution in [0.25, 0.3) is 0 Å². The Hall–Kier alpha value is -2.61. The lowest BCUT2D eigenvalue weighted by atomic mass is 10.0. The summed E-state index contributed by atoms with van der Waals surface area (Å²) in [5.74, 6) is -0.535. The Bertz CT molecular complexity index is 916. The highest BCUT2D eigenvalue weighted by Gasteiger charge is 2.31. The summed E-state index contributed by atoms with van der Waals surface area (Å²) < 4.78 is 44.7. The topological polar surface area (TPSA) is 75.7 Å². The lowest BCUT2D eigenvalue weighted by Gasteiger charge is -2.30. The Morgan fingerprint density at radius 3 is 2.29 bits per heavy atom. The first-order valence-corrected chi connectivity index (χ1v) is 10.7. The third-order valence-electron chi connectivity index (χ3n) is 4.42. The number of amides is 1. The smallest absolute Gasteiger partial charge is 0.244 e. The SMILES string of the molecule is CC[C@@H](NC(=O)[C@H](C)N(c1ccccc1F)S(C)(=O)=O)c1ccc(OC)cc1. The van der Waals surface area contributed by atoms with E-state index in [1.54, 1.807) is 19.2 Å². The van der Waals surface area contributed by atoms with Crippen LogP contribution in [0.3, 0.4) is 0 Å². The lowest BCUT2D eigenvalue weighted by molar-refractivity contribution is -0.122. The molecule has 8 heteroatoms. The number of ether oxygens (including phenoxy) is 1. The van der Waals surface area contributed by atoms with E-state index in [2.05, 4.69) is 5.32 Å². The number of anilines is 1. The van der Waals surface area contributed by atoms with Gasteiger partial charge in [-0.2, -0.15) is 0 Å². The van der Waals surface area contributed by atoms with Gasteiger partial charge in [-0.3, -0.25) is 9.10 Å². The Kier molecular flexibility index (Phi) is 7.01. The van der Waals surface area contributed by atoms with Crippen molar-refractivity contribution in [1.82, 2.24) is 5.32 Å². The van der Waals surface area contributed by atoms with Gasteiger partial charge >= 0.3 is 0 Å². The van der Waals surface area contributed by atoms with Gasteiger partial charge in [-0.15, -0.1) is 0 Å². The van der Waals surface area contributed by atoms with Crippen molar-refractivity contribution in [2.24, 2.45) is 0 Å². The van der Waals surface area contributed by atoms with Crippen LogP contribution in [0, 0.1) is 5.82 Å². The second-order valence-corrected chi connectivity index (χ2v) is 8.29. The van der Waals surface area contributed by atoms with Gasteiger partial charge in [-0.1, -0.05) is 31.2 Å². The number of hydrogen-bond donors (Lipinski definition) is 1. The molecule has 1 amide bonds. The van der Waals surface area contributed by atoms with E-state index < -0.39 is 27.8 Å². The number of methoxy groups -OCH3 is 1. The highest BCUT2D eigenvalue weighted by Crippen LogP contribution is 2.25. The largest absolute Gasteiger partial charge is 0.497 e. The van der Waals surface area contributed by atoms with Gasteiger partial charge in [0.15, 0.2) is 0 Å². The monoisotopic (exact) mass is 408 g/mol. The van der Waals surface area contributed by atoms with Crippen molar-refractivity contribution >= 4 is 21.6 Å². The average Bonchev–Trinajstić information content (AvgIpc) is 2.66. The summed E-state index contributed by atoms with van der Waals surface area (Å²) in [5.41, 5.74) is 0.700. The molecular weight excluding hydrogens is 383 g/mol. The molecule has 0 aliphatic heterocycles. The first-order chi connectivity index (χ1) is 13.2. The molecule has 2 rings (SSSR count). The first kappa shape index (κ1) is 21.7. The number of benzene rings is 2. The molecule has 28 heavy (non-hydrogen) atoms. The fraction of sp³-hybridized carbons (Fsp3) is 0.350. The van der Waals surface area contributed by atoms with Gasteiger partial charge in [0.05, 0.1) is 25.1 Å². The van der Waals surface area contributed by atoms with Crippen LogP contribution in [0.1, 0.15) is 31.9 Å². The van der Waals surface area contributed by atoms with Crippen molar-refractivity contribution in [2.45, 2.75) is 32.4 Å². The third-order valence-corrected chi connectivity index (χ3v) is 5.65. The molecule has 2 aromatic rings. The molecule has 152 valence electrons. The van der Waals surface area contributed by atoms with Gasteiger partial charge in [0.2, 0.25) is 15.9 Å². The number of para-hydroxylation sites is 1. The van der Waals surface area contributed by atoms with Gasteiger partial charge in [0, 0.05) is 0 Å². The quantitative estimate of drug-likeness (QED) is 0.728. The number of hydrogen-bond acceptors (Lipinski definition) is 4. The molecule has 0 aliphatic rings. The summed E-state index contributed by atoms with van der Waals surface area (Å²) >= 11 is 0. The zero-order valence-electron chi connectivity index (χ0n) is 16.3. The van der Waals surface area contributed by atoms with Gasteiger partial charge in [0.1, 0.15) is 17.6 Å². The Morgan fingerprint density at radius 2 is 1.79 bits per heavy atom. The van der Waals surface area contributed by atoms with Crippen LogP contribution in [0.15, 0.2) is 48.5 Å². The Balaban J connectivity index is 2.27. The van der Waals surface area contributed by atoms with Crippen LogP contribution in [-0.4, -0.2) is 33.7 Å². The fourth-order valence-corrected chi connectivity index (χ4v) is 4.14. The third kappa shape index (κ3) is 5.01. The Morgan fingerprint density at radius 1 is 1.18 bits per heavy atom. The van der Waals surface area contributed by atoms with Crippen LogP contribution in [0.5, 0.6) is 5.75 Å². The van der Waals surface area contributed by atoms with E-state index in [-0.39, 0.29) is 11.7 Å². The second-order valence-electron chi connectivity index (χ2n) is 6.43. The van der Waals surface area contributed by atoms with Gasteiger partial charge < -0.3 is 10.1 Å². The van der Waals surface area contributed by atoms with Crippen molar-refractivity contribution in [2.75, 3.05) is 17.7 Å². The van der Waals surface area contributed by atoms with Crippen LogP contribution in [-0.2, 0) is 14.8 Å². The van der Waals surface area contributed by atoms with E-state index in [0.717, 1.165) is 22.2 Å². The molecule has 0 heterocycles. The number of carbonyl (C=O) groups is 1. The van der Waals surface area contributed by atoms with Gasteiger partial charge in [0.25, 0.3) is 0 Å². The highest BCUT2D eigenvalue weighted by molar-refractivity contribution is 7.92. The molecule has 0 fully saturated rings. The fourth-order valence-electron chi connectivity index (χ4n) is 2.96. The zero-order valence-corrected chi connectivity index (χ0v) is 17.2. The number of sulfonamides is 1. The number of nitrogens with one attached hydrogen (secondary N) is 1. The number of halogens is 1. The predicted molar refractivity (Wildman–Crippen MR) is 107 cm³/mol. The molecule has 1 N–H and O–H groups in total. The summed E-state index contributed by atoms with van der Waals surface area (Å²) in [7, 11) is -2.32. The predicted octanol–water partition coefficient (Wildman–Crippen LogP) is 3.26. The average molecular weight is 408 g/mol. The van der Waals surface area contributed by atoms with E-state index in [4.69, 9.17) is 4.74 Å². The van der Waals surface area contributed by atoms with E-state index in [1.165, 1.54) is 25.1 Å². The number of nitrogens with zero attached hydrogens (tertiary/aromatic N) is 1. The Labute approximate surface area is 165 Å². The molecule has 6 nitrogen and oxygen atoms in total. The van der Waals surface area contributed by atoms with Crippen molar-refractivity contribution in [3.8, 4) is 5.75 Å². The normalized spacial score (nSPS) is 13.5.